The molecule has 0 bridgehead atoms. The van der Waals surface area contributed by atoms with Gasteiger partial charge in [-0.25, -0.2) is 0 Å². The van der Waals surface area contributed by atoms with Crippen LogP contribution < -0.4 is 20.6 Å². The molecule has 0 saturated carbocycles. The molecule has 5 aromatic heterocycles. The van der Waals surface area contributed by atoms with Gasteiger partial charge in [0.05, 0.1) is 39.0 Å². The number of fused-ring (bicyclic) bond motifs is 20. The Bertz CT molecular complexity index is 5070. The lowest BCUT2D eigenvalue weighted by Gasteiger charge is -2.39. The quantitative estimate of drug-likeness (QED) is 0.165. The number of thiophene rings is 1. The van der Waals surface area contributed by atoms with Crippen molar-refractivity contribution < 1.29 is 4.42 Å². The van der Waals surface area contributed by atoms with E-state index in [0.717, 1.165) is 50.0 Å². The van der Waals surface area contributed by atoms with Gasteiger partial charge in [0.15, 0.2) is 5.58 Å². The summed E-state index contributed by atoms with van der Waals surface area (Å²) < 4.78 is 17.4. The van der Waals surface area contributed by atoms with Crippen LogP contribution in [-0.2, 0) is 10.8 Å². The van der Waals surface area contributed by atoms with Gasteiger partial charge in [0, 0.05) is 86.2 Å². The van der Waals surface area contributed by atoms with Crippen LogP contribution in [0, 0.1) is 0 Å². The second-order valence-corrected chi connectivity index (χ2v) is 24.7. The first kappa shape index (κ1) is 43.5. The Morgan fingerprint density at radius 3 is 1.84 bits per heavy atom. The summed E-state index contributed by atoms with van der Waals surface area (Å²) in [6.45, 7) is 13.9. The van der Waals surface area contributed by atoms with Crippen LogP contribution in [0.4, 0.5) is 17.1 Å². The predicted octanol–water partition coefficient (Wildman–Crippen LogP) is 17.3. The molecule has 77 heavy (non-hydrogen) atoms. The van der Waals surface area contributed by atoms with Gasteiger partial charge in [0.1, 0.15) is 5.58 Å². The molecule has 0 aliphatic carbocycles. The van der Waals surface area contributed by atoms with Crippen molar-refractivity contribution in [3.63, 3.8) is 0 Å². The molecule has 2 aliphatic rings. The second-order valence-electron chi connectivity index (χ2n) is 23.7. The van der Waals surface area contributed by atoms with Crippen molar-refractivity contribution in [3.05, 3.63) is 211 Å². The summed E-state index contributed by atoms with van der Waals surface area (Å²) in [5.74, 6) is 0. The molecule has 0 N–H and O–H groups in total. The van der Waals surface area contributed by atoms with Gasteiger partial charge >= 0.3 is 0 Å². The highest BCUT2D eigenvalue weighted by atomic mass is 32.1. The number of rotatable bonds is 3. The molecule has 17 rings (SSSR count). The minimum atomic E-state index is -0.0417. The lowest BCUT2D eigenvalue weighted by Crippen LogP contribution is -2.59. The maximum Gasteiger partial charge on any atom is 0.264 e. The van der Waals surface area contributed by atoms with Crippen LogP contribution in [-0.4, -0.2) is 20.4 Å². The molecular formula is C70H51BN4OS. The second kappa shape index (κ2) is 15.0. The van der Waals surface area contributed by atoms with Crippen LogP contribution in [0.3, 0.4) is 0 Å². The first-order valence-electron chi connectivity index (χ1n) is 27.0. The summed E-state index contributed by atoms with van der Waals surface area (Å²) in [6.07, 6.45) is 0. The van der Waals surface area contributed by atoms with Gasteiger partial charge in [0.25, 0.3) is 6.71 Å². The Balaban J connectivity index is 1.09. The Kier molecular flexibility index (Phi) is 8.46. The Labute approximate surface area is 449 Å². The van der Waals surface area contributed by atoms with Crippen molar-refractivity contribution in [2.45, 2.75) is 52.4 Å². The van der Waals surface area contributed by atoms with E-state index in [1.165, 1.54) is 108 Å². The molecule has 0 atom stereocenters. The van der Waals surface area contributed by atoms with Gasteiger partial charge in [-0.05, 0) is 112 Å². The summed E-state index contributed by atoms with van der Waals surface area (Å²) in [7, 11) is 0. The number of furan rings is 1. The molecule has 7 heterocycles. The van der Waals surface area contributed by atoms with Crippen LogP contribution in [0.1, 0.15) is 52.7 Å². The smallest absolute Gasteiger partial charge is 0.264 e. The van der Waals surface area contributed by atoms with Crippen molar-refractivity contribution in [2.24, 2.45) is 0 Å². The zero-order valence-electron chi connectivity index (χ0n) is 43.7. The Morgan fingerprint density at radius 1 is 0.416 bits per heavy atom. The summed E-state index contributed by atoms with van der Waals surface area (Å²) in [5, 5.41) is 10.9. The maximum absolute atomic E-state index is 7.04. The number of benzene rings is 10. The van der Waals surface area contributed by atoms with E-state index in [1.807, 2.05) is 11.3 Å². The third-order valence-corrected chi connectivity index (χ3v) is 18.5. The zero-order chi connectivity index (χ0) is 51.4. The zero-order valence-corrected chi connectivity index (χ0v) is 44.6. The van der Waals surface area contributed by atoms with Crippen LogP contribution in [0.2, 0.25) is 0 Å². The van der Waals surface area contributed by atoms with Gasteiger partial charge in [-0.2, -0.15) is 0 Å². The molecule has 0 unspecified atom stereocenters. The minimum absolute atomic E-state index is 0.00942. The number of aromatic nitrogens is 3. The number of hydrogen-bond acceptors (Lipinski definition) is 3. The summed E-state index contributed by atoms with van der Waals surface area (Å²) in [4.78, 5) is 2.64. The highest BCUT2D eigenvalue weighted by Crippen LogP contribution is 2.50. The Morgan fingerprint density at radius 2 is 1.05 bits per heavy atom. The van der Waals surface area contributed by atoms with Crippen LogP contribution in [0.15, 0.2) is 205 Å². The number of nitrogens with zero attached hydrogens (tertiary/aromatic N) is 4. The van der Waals surface area contributed by atoms with E-state index >= 15 is 0 Å². The maximum atomic E-state index is 7.04. The van der Waals surface area contributed by atoms with Gasteiger partial charge in [-0.3, -0.25) is 0 Å². The highest BCUT2D eigenvalue weighted by molar-refractivity contribution is 7.33. The van der Waals surface area contributed by atoms with Crippen molar-refractivity contribution in [1.29, 1.82) is 0 Å². The first-order valence-corrected chi connectivity index (χ1v) is 27.9. The van der Waals surface area contributed by atoms with E-state index in [9.17, 15) is 0 Å². The van der Waals surface area contributed by atoms with Crippen molar-refractivity contribution >= 4 is 148 Å². The summed E-state index contributed by atoms with van der Waals surface area (Å²) >= 11 is 1.97. The van der Waals surface area contributed by atoms with Crippen LogP contribution >= 0.6 is 11.3 Å². The molecule has 7 heteroatoms. The normalized spacial score (nSPS) is 13.5. The standard InChI is InChI=1S/C70H51BN4OS/c1-69(2,3)40-27-30-43(31-28-40)73-57-38-44(74-54-24-13-10-19-45(54)48-32-33-50-46-20-12-15-26-59(46)76-67(50)65(48)74)39-58-62(57)71(68-66(73)52-37-41(70(4,5)6)29-36-60(52)77-68)53-23-16-22-47-49-34-35-56-61(64(49)75(58)63(47)53)51-21-11-14-25-55(51)72(56)42-17-8-7-9-18-42/h7-39H,1-6H3. The van der Waals surface area contributed by atoms with Gasteiger partial charge < -0.3 is 23.0 Å². The average molecular weight is 1010 g/mol. The number of anilines is 3. The van der Waals surface area contributed by atoms with Gasteiger partial charge in [-0.1, -0.05) is 163 Å². The summed E-state index contributed by atoms with van der Waals surface area (Å²) in [5.41, 5.74) is 21.2. The van der Waals surface area contributed by atoms with Crippen LogP contribution in [0.5, 0.6) is 0 Å². The van der Waals surface area contributed by atoms with E-state index in [0.29, 0.717) is 0 Å². The largest absolute Gasteiger partial charge is 0.454 e. The van der Waals surface area contributed by atoms with Crippen LogP contribution in [0.25, 0.3) is 115 Å². The van der Waals surface area contributed by atoms with E-state index in [2.05, 4.69) is 260 Å². The first-order chi connectivity index (χ1) is 37.5. The van der Waals surface area contributed by atoms with E-state index < -0.39 is 0 Å². The van der Waals surface area contributed by atoms with Crippen molar-refractivity contribution in [3.8, 4) is 17.1 Å². The molecule has 0 spiro atoms. The lowest BCUT2D eigenvalue weighted by atomic mass is 9.36. The van der Waals surface area contributed by atoms with Crippen molar-refractivity contribution in [1.82, 2.24) is 13.7 Å². The monoisotopic (exact) mass is 1010 g/mol. The molecule has 5 nitrogen and oxygen atoms in total. The fourth-order valence-electron chi connectivity index (χ4n) is 13.8. The number of para-hydroxylation sites is 5. The Hall–Kier alpha value is -8.78. The van der Waals surface area contributed by atoms with Gasteiger partial charge in [-0.15, -0.1) is 11.3 Å². The lowest BCUT2D eigenvalue weighted by molar-refractivity contribution is 0.590. The molecule has 10 aromatic carbocycles. The van der Waals surface area contributed by atoms with Gasteiger partial charge in [0.2, 0.25) is 0 Å². The summed E-state index contributed by atoms with van der Waals surface area (Å²) in [6, 6.07) is 75.5. The third-order valence-electron chi connectivity index (χ3n) is 17.3. The SMILES string of the molecule is CC(C)(C)c1ccc(N2c3cc(-n4c5ccccc5c5ccc6c7ccccc7oc6c54)cc4c3B(c3sc5ccc(C(C)(C)C)cc5c32)c2cccc3c5ccc6c(c7ccccc7n6-c6ccccc6)c5n-4c23)cc1. The highest BCUT2D eigenvalue weighted by Gasteiger charge is 2.45. The minimum Gasteiger partial charge on any atom is -0.454 e. The average Bonchev–Trinajstić information content (AvgIpc) is 4.47. The van der Waals surface area contributed by atoms with E-state index in [4.69, 9.17) is 4.42 Å². The number of hydrogen-bond donors (Lipinski definition) is 0. The third kappa shape index (κ3) is 5.74. The molecular weight excluding hydrogens is 956 g/mol. The van der Waals surface area contributed by atoms with Crippen molar-refractivity contribution in [2.75, 3.05) is 4.90 Å². The van der Waals surface area contributed by atoms with E-state index in [-0.39, 0.29) is 17.5 Å². The van der Waals surface area contributed by atoms with E-state index in [1.54, 1.807) is 0 Å². The molecule has 2 aliphatic heterocycles. The topological polar surface area (TPSA) is 31.2 Å². The molecule has 0 fully saturated rings. The fraction of sp³-hybridized carbons (Fsp3) is 0.114. The fourth-order valence-corrected chi connectivity index (χ4v) is 15.1. The molecule has 0 radical (unpaired) electrons. The molecule has 15 aromatic rings. The predicted molar refractivity (Wildman–Crippen MR) is 329 cm³/mol. The molecule has 0 saturated heterocycles. The molecule has 366 valence electrons. The molecule has 0 amide bonds.